The van der Waals surface area contributed by atoms with E-state index in [1.807, 2.05) is 20.8 Å². The summed E-state index contributed by atoms with van der Waals surface area (Å²) in [6.45, 7) is 7.65. The predicted molar refractivity (Wildman–Crippen MR) is 78.0 cm³/mol. The van der Waals surface area contributed by atoms with Crippen LogP contribution in [0.2, 0.25) is 0 Å². The van der Waals surface area contributed by atoms with Crippen molar-refractivity contribution in [2.24, 2.45) is 5.73 Å². The third kappa shape index (κ3) is 7.61. The first-order valence-corrected chi connectivity index (χ1v) is 7.23. The molecule has 0 bridgehead atoms. The highest BCUT2D eigenvalue weighted by Gasteiger charge is 2.31. The number of hydrogen-bond donors (Lipinski definition) is 1. The maximum Gasteiger partial charge on any atom is 0.410 e. The van der Waals surface area contributed by atoms with Crippen LogP contribution in [0.4, 0.5) is 4.79 Å². The van der Waals surface area contributed by atoms with Gasteiger partial charge in [0.1, 0.15) is 12.4 Å². The van der Waals surface area contributed by atoms with Gasteiger partial charge in [0.05, 0.1) is 25.9 Å². The van der Waals surface area contributed by atoms with E-state index in [0.717, 1.165) is 0 Å². The molecule has 0 unspecified atom stereocenters. The number of nitrogens with two attached hydrogens (primary N) is 1. The lowest BCUT2D eigenvalue weighted by molar-refractivity contribution is -0.114. The van der Waals surface area contributed by atoms with Gasteiger partial charge in [-0.25, -0.2) is 4.79 Å². The molecule has 0 aliphatic carbocycles. The zero-order valence-corrected chi connectivity index (χ0v) is 13.5. The molecular formula is C14H28N2O5. The van der Waals surface area contributed by atoms with E-state index in [2.05, 4.69) is 0 Å². The minimum absolute atomic E-state index is 0.116. The second-order valence-electron chi connectivity index (χ2n) is 6.19. The summed E-state index contributed by atoms with van der Waals surface area (Å²) in [6, 6.07) is -0.116. The molecule has 7 nitrogen and oxygen atoms in total. The zero-order valence-electron chi connectivity index (χ0n) is 13.5. The van der Waals surface area contributed by atoms with Crippen molar-refractivity contribution in [2.45, 2.75) is 44.9 Å². The van der Waals surface area contributed by atoms with Gasteiger partial charge in [-0.2, -0.15) is 0 Å². The quantitative estimate of drug-likeness (QED) is 0.581. The normalized spacial score (nSPS) is 23.2. The number of methoxy groups -OCH3 is 1. The maximum atomic E-state index is 12.1. The Morgan fingerprint density at radius 1 is 1.29 bits per heavy atom. The maximum absolute atomic E-state index is 12.1. The second-order valence-corrected chi connectivity index (χ2v) is 6.19. The van der Waals surface area contributed by atoms with Crippen LogP contribution >= 0.6 is 0 Å². The molecule has 124 valence electrons. The molecule has 1 saturated heterocycles. The second kappa shape index (κ2) is 8.53. The first kappa shape index (κ1) is 18.2. The molecule has 2 atom stereocenters. The van der Waals surface area contributed by atoms with Crippen LogP contribution in [0.1, 0.15) is 27.2 Å². The molecule has 0 radical (unpaired) electrons. The Kier molecular flexibility index (Phi) is 7.37. The van der Waals surface area contributed by atoms with Crippen molar-refractivity contribution in [3.8, 4) is 0 Å². The molecule has 0 aromatic carbocycles. The minimum Gasteiger partial charge on any atom is -0.444 e. The van der Waals surface area contributed by atoms with Crippen molar-refractivity contribution in [1.29, 1.82) is 0 Å². The van der Waals surface area contributed by atoms with Crippen molar-refractivity contribution in [2.75, 3.05) is 40.2 Å². The Morgan fingerprint density at radius 3 is 2.62 bits per heavy atom. The smallest absolute Gasteiger partial charge is 0.410 e. The van der Waals surface area contributed by atoms with Gasteiger partial charge >= 0.3 is 6.09 Å². The number of hydrogen-bond acceptors (Lipinski definition) is 6. The topological polar surface area (TPSA) is 83.3 Å². The van der Waals surface area contributed by atoms with Gasteiger partial charge in [-0.15, -0.1) is 0 Å². The fourth-order valence-corrected chi connectivity index (χ4v) is 2.03. The molecule has 7 heteroatoms. The molecule has 1 heterocycles. The van der Waals surface area contributed by atoms with E-state index in [1.54, 1.807) is 12.0 Å². The lowest BCUT2D eigenvalue weighted by atomic mass is 10.0. The molecule has 1 amide bonds. The van der Waals surface area contributed by atoms with Crippen LogP contribution in [-0.2, 0) is 18.9 Å². The van der Waals surface area contributed by atoms with Crippen LogP contribution in [0.5, 0.6) is 0 Å². The third-order valence-electron chi connectivity index (χ3n) is 2.92. The fraction of sp³-hybridized carbons (Fsp3) is 0.929. The van der Waals surface area contributed by atoms with E-state index in [0.29, 0.717) is 32.7 Å². The van der Waals surface area contributed by atoms with Crippen molar-refractivity contribution in [3.05, 3.63) is 0 Å². The molecule has 1 rings (SSSR count). The van der Waals surface area contributed by atoms with E-state index < -0.39 is 5.60 Å². The number of piperidine rings is 1. The van der Waals surface area contributed by atoms with Gasteiger partial charge < -0.3 is 29.6 Å². The van der Waals surface area contributed by atoms with Crippen LogP contribution < -0.4 is 5.73 Å². The summed E-state index contributed by atoms with van der Waals surface area (Å²) in [7, 11) is 1.61. The lowest BCUT2D eigenvalue weighted by Gasteiger charge is -2.36. The highest BCUT2D eigenvalue weighted by Crippen LogP contribution is 2.16. The van der Waals surface area contributed by atoms with Gasteiger partial charge in [0.2, 0.25) is 0 Å². The SMILES string of the molecule is COCCOCO[C@H]1C[C@@H](N)CN(C(=O)OC(C)(C)C)C1. The molecule has 1 aliphatic heterocycles. The van der Waals surface area contributed by atoms with Crippen LogP contribution in [0.15, 0.2) is 0 Å². The van der Waals surface area contributed by atoms with Crippen LogP contribution in [-0.4, -0.2) is 68.9 Å². The molecule has 21 heavy (non-hydrogen) atoms. The molecule has 1 fully saturated rings. The molecular weight excluding hydrogens is 276 g/mol. The first-order valence-electron chi connectivity index (χ1n) is 7.23. The Bertz CT molecular complexity index is 319. The number of nitrogens with zero attached hydrogens (tertiary/aromatic N) is 1. The number of carbonyl (C=O) groups is 1. The van der Waals surface area contributed by atoms with Crippen LogP contribution in [0.25, 0.3) is 0 Å². The van der Waals surface area contributed by atoms with E-state index >= 15 is 0 Å². The average molecular weight is 304 g/mol. The Hall–Kier alpha value is -0.890. The van der Waals surface area contributed by atoms with Gasteiger partial charge in [-0.3, -0.25) is 0 Å². The minimum atomic E-state index is -0.516. The number of carbonyl (C=O) groups excluding carboxylic acids is 1. The highest BCUT2D eigenvalue weighted by atomic mass is 16.7. The average Bonchev–Trinajstić information content (AvgIpc) is 2.36. The summed E-state index contributed by atoms with van der Waals surface area (Å²) < 4.78 is 21.1. The number of likely N-dealkylation sites (tertiary alicyclic amines) is 1. The third-order valence-corrected chi connectivity index (χ3v) is 2.92. The zero-order chi connectivity index (χ0) is 15.9. The monoisotopic (exact) mass is 304 g/mol. The summed E-state index contributed by atoms with van der Waals surface area (Å²) in [5.74, 6) is 0. The fourth-order valence-electron chi connectivity index (χ4n) is 2.03. The summed E-state index contributed by atoms with van der Waals surface area (Å²) in [4.78, 5) is 13.7. The summed E-state index contributed by atoms with van der Waals surface area (Å²) in [5, 5.41) is 0. The number of ether oxygens (including phenoxy) is 4. The molecule has 0 spiro atoms. The molecule has 2 N–H and O–H groups in total. The Labute approximate surface area is 126 Å². The summed E-state index contributed by atoms with van der Waals surface area (Å²) >= 11 is 0. The molecule has 0 saturated carbocycles. The molecule has 0 aromatic heterocycles. The highest BCUT2D eigenvalue weighted by molar-refractivity contribution is 5.68. The van der Waals surface area contributed by atoms with E-state index in [9.17, 15) is 4.79 Å². The predicted octanol–water partition coefficient (Wildman–Crippen LogP) is 0.960. The van der Waals surface area contributed by atoms with Crippen molar-refractivity contribution in [3.63, 3.8) is 0 Å². The molecule has 1 aliphatic rings. The van der Waals surface area contributed by atoms with Gasteiger partial charge in [0, 0.05) is 19.7 Å². The van der Waals surface area contributed by atoms with E-state index in [4.69, 9.17) is 24.7 Å². The standard InChI is InChI=1S/C14H28N2O5/c1-14(2,3)21-13(17)16-8-11(15)7-12(9-16)20-10-19-6-5-18-4/h11-12H,5-10,15H2,1-4H3/t11-,12+/m1/s1. The van der Waals surface area contributed by atoms with Gasteiger partial charge in [-0.05, 0) is 27.2 Å². The van der Waals surface area contributed by atoms with Crippen LogP contribution in [0.3, 0.4) is 0 Å². The van der Waals surface area contributed by atoms with E-state index in [-0.39, 0.29) is 25.0 Å². The van der Waals surface area contributed by atoms with E-state index in [1.165, 1.54) is 0 Å². The van der Waals surface area contributed by atoms with Crippen molar-refractivity contribution >= 4 is 6.09 Å². The lowest BCUT2D eigenvalue weighted by Crippen LogP contribution is -2.53. The number of rotatable bonds is 6. The largest absolute Gasteiger partial charge is 0.444 e. The van der Waals surface area contributed by atoms with Crippen molar-refractivity contribution in [1.82, 2.24) is 4.90 Å². The summed E-state index contributed by atoms with van der Waals surface area (Å²) in [5.41, 5.74) is 5.46. The Balaban J connectivity index is 2.37. The van der Waals surface area contributed by atoms with Gasteiger partial charge in [0.25, 0.3) is 0 Å². The van der Waals surface area contributed by atoms with Gasteiger partial charge in [0.15, 0.2) is 0 Å². The summed E-state index contributed by atoms with van der Waals surface area (Å²) in [6.07, 6.45) is 0.211. The molecule has 0 aromatic rings. The van der Waals surface area contributed by atoms with Crippen LogP contribution in [0, 0.1) is 0 Å². The number of amides is 1. The first-order chi connectivity index (χ1) is 9.81. The van der Waals surface area contributed by atoms with Crippen molar-refractivity contribution < 1.29 is 23.7 Å². The Morgan fingerprint density at radius 2 is 2.00 bits per heavy atom. The van der Waals surface area contributed by atoms with Gasteiger partial charge in [-0.1, -0.05) is 0 Å².